The average molecular weight is 489 g/mol. The zero-order chi connectivity index (χ0) is 23.5. The Morgan fingerprint density at radius 1 is 1.06 bits per heavy atom. The molecule has 0 bridgehead atoms. The highest BCUT2D eigenvalue weighted by atomic mass is 32.2. The number of hydrogen-bond acceptors (Lipinski definition) is 6. The molecule has 0 aliphatic rings. The van der Waals surface area contributed by atoms with Gasteiger partial charge in [-0.15, -0.1) is 0 Å². The molecule has 0 radical (unpaired) electrons. The van der Waals surface area contributed by atoms with Gasteiger partial charge in [-0.1, -0.05) is 18.2 Å². The number of furan rings is 1. The topological polar surface area (TPSA) is 88.8 Å². The molecule has 0 spiro atoms. The molecular weight excluding hydrogens is 460 g/mol. The van der Waals surface area contributed by atoms with E-state index in [-0.39, 0.29) is 17.3 Å². The van der Waals surface area contributed by atoms with Crippen LogP contribution < -0.4 is 14.4 Å². The van der Waals surface area contributed by atoms with Gasteiger partial charge in [-0.05, 0) is 67.6 Å². The first-order chi connectivity index (χ1) is 16.0. The van der Waals surface area contributed by atoms with Crippen LogP contribution in [0.15, 0.2) is 82.3 Å². The summed E-state index contributed by atoms with van der Waals surface area (Å²) in [5, 5.41) is 2.83. The maximum atomic E-state index is 13.3. The zero-order valence-corrected chi connectivity index (χ0v) is 20.1. The van der Waals surface area contributed by atoms with Crippen molar-refractivity contribution in [2.24, 2.45) is 0 Å². The van der Waals surface area contributed by atoms with Gasteiger partial charge < -0.3 is 14.5 Å². The predicted octanol–water partition coefficient (Wildman–Crippen LogP) is 4.31. The fraction of sp³-hybridized carbons (Fsp3) is 0.292. The lowest BCUT2D eigenvalue weighted by Gasteiger charge is -2.24. The van der Waals surface area contributed by atoms with Gasteiger partial charge in [0.2, 0.25) is 5.91 Å². The Morgan fingerprint density at radius 3 is 2.48 bits per heavy atom. The smallest absolute Gasteiger partial charge is 0.264 e. The van der Waals surface area contributed by atoms with Gasteiger partial charge in [0.25, 0.3) is 10.0 Å². The molecule has 1 heterocycles. The summed E-state index contributed by atoms with van der Waals surface area (Å²) in [7, 11) is -3.92. The first kappa shape index (κ1) is 24.7. The summed E-state index contributed by atoms with van der Waals surface area (Å²) >= 11 is 1.72. The minimum atomic E-state index is -3.92. The minimum absolute atomic E-state index is 0.126. The highest BCUT2D eigenvalue weighted by Gasteiger charge is 2.27. The fourth-order valence-electron chi connectivity index (χ4n) is 3.07. The Kier molecular flexibility index (Phi) is 9.26. The van der Waals surface area contributed by atoms with Crippen LogP contribution in [0.25, 0.3) is 0 Å². The van der Waals surface area contributed by atoms with E-state index in [0.717, 1.165) is 28.0 Å². The van der Waals surface area contributed by atoms with Crippen LogP contribution in [0.2, 0.25) is 0 Å². The van der Waals surface area contributed by atoms with E-state index in [1.807, 2.05) is 19.1 Å². The standard InChI is InChI=1S/C24H28N2O5S2/c1-2-30-21-13-11-20(12-14-21)26(33(28,29)23-9-4-3-5-10-23)18-24(27)25-15-7-17-32-19-22-8-6-16-31-22/h3-6,8-14,16H,2,7,15,17-19H2,1H3,(H,25,27). The molecule has 33 heavy (non-hydrogen) atoms. The number of nitrogens with zero attached hydrogens (tertiary/aromatic N) is 1. The van der Waals surface area contributed by atoms with Crippen molar-refractivity contribution < 1.29 is 22.4 Å². The number of carbonyl (C=O) groups excluding carboxylic acids is 1. The summed E-state index contributed by atoms with van der Waals surface area (Å²) in [6.45, 7) is 2.53. The van der Waals surface area contributed by atoms with E-state index in [1.165, 1.54) is 12.1 Å². The molecular formula is C24H28N2O5S2. The number of nitrogens with one attached hydrogen (secondary N) is 1. The lowest BCUT2D eigenvalue weighted by molar-refractivity contribution is -0.119. The van der Waals surface area contributed by atoms with Crippen molar-refractivity contribution in [3.8, 4) is 5.75 Å². The highest BCUT2D eigenvalue weighted by molar-refractivity contribution is 7.98. The molecule has 0 unspecified atom stereocenters. The van der Waals surface area contributed by atoms with Crippen LogP contribution in [0, 0.1) is 0 Å². The minimum Gasteiger partial charge on any atom is -0.494 e. The Hall–Kier alpha value is -2.91. The molecule has 0 saturated heterocycles. The van der Waals surface area contributed by atoms with Crippen LogP contribution in [0.3, 0.4) is 0 Å². The predicted molar refractivity (Wildman–Crippen MR) is 131 cm³/mol. The van der Waals surface area contributed by atoms with Gasteiger partial charge in [0, 0.05) is 6.54 Å². The van der Waals surface area contributed by atoms with Gasteiger partial charge in [-0.3, -0.25) is 9.10 Å². The number of hydrogen-bond donors (Lipinski definition) is 1. The molecule has 176 valence electrons. The SMILES string of the molecule is CCOc1ccc(N(CC(=O)NCCCSCc2ccco2)S(=O)(=O)c2ccccc2)cc1. The molecule has 1 amide bonds. The normalized spacial score (nSPS) is 11.2. The van der Waals surface area contributed by atoms with E-state index in [9.17, 15) is 13.2 Å². The zero-order valence-electron chi connectivity index (χ0n) is 18.5. The van der Waals surface area contributed by atoms with Gasteiger partial charge in [0.15, 0.2) is 0 Å². The molecule has 0 aliphatic heterocycles. The number of anilines is 1. The van der Waals surface area contributed by atoms with Gasteiger partial charge in [0.1, 0.15) is 18.1 Å². The molecule has 1 N–H and O–H groups in total. The van der Waals surface area contributed by atoms with Crippen molar-refractivity contribution >= 4 is 33.4 Å². The summed E-state index contributed by atoms with van der Waals surface area (Å²) < 4.78 is 38.5. The Morgan fingerprint density at radius 2 is 1.82 bits per heavy atom. The molecule has 3 rings (SSSR count). The molecule has 9 heteroatoms. The molecule has 0 saturated carbocycles. The second-order valence-electron chi connectivity index (χ2n) is 7.09. The summed E-state index contributed by atoms with van der Waals surface area (Å²) in [5.74, 6) is 2.82. The van der Waals surface area contributed by atoms with Crippen molar-refractivity contribution in [1.29, 1.82) is 0 Å². The third-order valence-corrected chi connectivity index (χ3v) is 7.52. The van der Waals surface area contributed by atoms with Crippen molar-refractivity contribution in [3.63, 3.8) is 0 Å². The van der Waals surface area contributed by atoms with E-state index in [0.29, 0.717) is 24.6 Å². The number of rotatable bonds is 13. The molecule has 0 fully saturated rings. The number of ether oxygens (including phenoxy) is 1. The number of amides is 1. The summed E-state index contributed by atoms with van der Waals surface area (Å²) in [6.07, 6.45) is 2.42. The lowest BCUT2D eigenvalue weighted by atomic mass is 10.3. The maximum Gasteiger partial charge on any atom is 0.264 e. The summed E-state index contributed by atoms with van der Waals surface area (Å²) in [4.78, 5) is 12.8. The summed E-state index contributed by atoms with van der Waals surface area (Å²) in [6, 6.07) is 18.6. The van der Waals surface area contributed by atoms with Crippen molar-refractivity contribution in [3.05, 3.63) is 78.8 Å². The first-order valence-electron chi connectivity index (χ1n) is 10.7. The van der Waals surface area contributed by atoms with Crippen LogP contribution in [-0.4, -0.2) is 39.8 Å². The molecule has 7 nitrogen and oxygen atoms in total. The number of thioether (sulfide) groups is 1. The second-order valence-corrected chi connectivity index (χ2v) is 10.1. The van der Waals surface area contributed by atoms with Gasteiger partial charge >= 0.3 is 0 Å². The van der Waals surface area contributed by atoms with Gasteiger partial charge in [0.05, 0.1) is 29.2 Å². The van der Waals surface area contributed by atoms with E-state index < -0.39 is 10.0 Å². The van der Waals surface area contributed by atoms with E-state index >= 15 is 0 Å². The van der Waals surface area contributed by atoms with Crippen molar-refractivity contribution in [2.75, 3.05) is 29.8 Å². The molecule has 3 aromatic rings. The van der Waals surface area contributed by atoms with Crippen molar-refractivity contribution in [1.82, 2.24) is 5.32 Å². The van der Waals surface area contributed by atoms with E-state index in [2.05, 4.69) is 5.32 Å². The van der Waals surface area contributed by atoms with Gasteiger partial charge in [-0.25, -0.2) is 8.42 Å². The van der Waals surface area contributed by atoms with Crippen LogP contribution in [0.1, 0.15) is 19.1 Å². The van der Waals surface area contributed by atoms with E-state index in [4.69, 9.17) is 9.15 Å². The highest BCUT2D eigenvalue weighted by Crippen LogP contribution is 2.25. The lowest BCUT2D eigenvalue weighted by Crippen LogP contribution is -2.41. The Balaban J connectivity index is 1.62. The van der Waals surface area contributed by atoms with Crippen LogP contribution in [-0.2, 0) is 20.6 Å². The number of carbonyl (C=O) groups is 1. The number of benzene rings is 2. The Bertz CT molecular complexity index is 1090. The van der Waals surface area contributed by atoms with E-state index in [1.54, 1.807) is 60.5 Å². The molecule has 0 aliphatic carbocycles. The third kappa shape index (κ3) is 7.30. The number of sulfonamides is 1. The average Bonchev–Trinajstić information content (AvgIpc) is 3.35. The molecule has 2 aromatic carbocycles. The monoisotopic (exact) mass is 488 g/mol. The summed E-state index contributed by atoms with van der Waals surface area (Å²) in [5.41, 5.74) is 0.395. The largest absolute Gasteiger partial charge is 0.494 e. The van der Waals surface area contributed by atoms with Crippen LogP contribution in [0.4, 0.5) is 5.69 Å². The fourth-order valence-corrected chi connectivity index (χ4v) is 5.37. The maximum absolute atomic E-state index is 13.3. The van der Waals surface area contributed by atoms with Crippen LogP contribution >= 0.6 is 11.8 Å². The third-order valence-electron chi connectivity index (χ3n) is 4.67. The Labute approximate surface area is 199 Å². The molecule has 1 aromatic heterocycles. The first-order valence-corrected chi connectivity index (χ1v) is 13.3. The van der Waals surface area contributed by atoms with Crippen LogP contribution in [0.5, 0.6) is 5.75 Å². The molecule has 0 atom stereocenters. The quantitative estimate of drug-likeness (QED) is 0.361. The van der Waals surface area contributed by atoms with Gasteiger partial charge in [-0.2, -0.15) is 11.8 Å². The van der Waals surface area contributed by atoms with Crippen molar-refractivity contribution in [2.45, 2.75) is 24.0 Å². The second kappa shape index (κ2) is 12.4.